The van der Waals surface area contributed by atoms with E-state index in [9.17, 15) is 9.59 Å². The molecule has 0 radical (unpaired) electrons. The van der Waals surface area contributed by atoms with Crippen molar-refractivity contribution in [3.63, 3.8) is 0 Å². The lowest BCUT2D eigenvalue weighted by Crippen LogP contribution is -2.31. The fourth-order valence-electron chi connectivity index (χ4n) is 3.76. The number of ether oxygens (including phenoxy) is 2. The Morgan fingerprint density at radius 1 is 0.970 bits per heavy atom. The van der Waals surface area contributed by atoms with Crippen LogP contribution < -0.4 is 20.1 Å². The van der Waals surface area contributed by atoms with Gasteiger partial charge in [-0.3, -0.25) is 9.59 Å². The van der Waals surface area contributed by atoms with Gasteiger partial charge in [0, 0.05) is 17.7 Å². The molecule has 0 saturated heterocycles. The highest BCUT2D eigenvalue weighted by Crippen LogP contribution is 2.28. The van der Waals surface area contributed by atoms with Crippen LogP contribution in [0.25, 0.3) is 0 Å². The first kappa shape index (κ1) is 22.4. The zero-order chi connectivity index (χ0) is 23.4. The Morgan fingerprint density at radius 2 is 1.73 bits per heavy atom. The first-order chi connectivity index (χ1) is 15.9. The monoisotopic (exact) mass is 444 g/mol. The Hall–Kier alpha value is -3.80. The molecule has 1 aliphatic heterocycles. The Balaban J connectivity index is 1.36. The Bertz CT molecular complexity index is 1120. The number of hydrogen-bond acceptors (Lipinski definition) is 4. The van der Waals surface area contributed by atoms with E-state index in [-0.39, 0.29) is 24.0 Å². The van der Waals surface area contributed by atoms with Crippen molar-refractivity contribution in [3.05, 3.63) is 89.5 Å². The van der Waals surface area contributed by atoms with Gasteiger partial charge in [-0.25, -0.2) is 0 Å². The molecule has 3 aromatic carbocycles. The standard InChI is InChI=1S/C27H28N2O4/c1-17(2)32-23-13-11-19(12-14-23)18(3)28-26(30)21-8-6-9-22(15-21)29-27(31)25-16-20-7-4-5-10-24(20)33-25/h4-15,17-18,25H,16H2,1-3H3,(H,28,30)(H,29,31). The average molecular weight is 445 g/mol. The Kier molecular flexibility index (Phi) is 6.63. The van der Waals surface area contributed by atoms with Crippen molar-refractivity contribution < 1.29 is 19.1 Å². The largest absolute Gasteiger partial charge is 0.491 e. The zero-order valence-corrected chi connectivity index (χ0v) is 19.0. The summed E-state index contributed by atoms with van der Waals surface area (Å²) in [5.74, 6) is 1.08. The molecule has 0 saturated carbocycles. The summed E-state index contributed by atoms with van der Waals surface area (Å²) in [6, 6.07) is 22.0. The number of nitrogens with one attached hydrogen (secondary N) is 2. The number of benzene rings is 3. The van der Waals surface area contributed by atoms with Crippen LogP contribution in [-0.2, 0) is 11.2 Å². The van der Waals surface area contributed by atoms with Crippen LogP contribution in [0, 0.1) is 0 Å². The molecule has 170 valence electrons. The third kappa shape index (κ3) is 5.52. The molecule has 2 atom stereocenters. The molecular weight excluding hydrogens is 416 g/mol. The average Bonchev–Trinajstić information content (AvgIpc) is 3.24. The predicted octanol–water partition coefficient (Wildman–Crippen LogP) is 4.91. The van der Waals surface area contributed by atoms with Crippen molar-refractivity contribution >= 4 is 17.5 Å². The van der Waals surface area contributed by atoms with Crippen molar-refractivity contribution in [2.24, 2.45) is 0 Å². The SMILES string of the molecule is CC(C)Oc1ccc(C(C)NC(=O)c2cccc(NC(=O)C3Cc4ccccc4O3)c2)cc1. The summed E-state index contributed by atoms with van der Waals surface area (Å²) < 4.78 is 11.4. The lowest BCUT2D eigenvalue weighted by atomic mass is 10.1. The molecular formula is C27H28N2O4. The highest BCUT2D eigenvalue weighted by Gasteiger charge is 2.28. The van der Waals surface area contributed by atoms with Gasteiger partial charge in [0.15, 0.2) is 6.10 Å². The van der Waals surface area contributed by atoms with Crippen LogP contribution in [0.2, 0.25) is 0 Å². The van der Waals surface area contributed by atoms with E-state index in [0.29, 0.717) is 17.7 Å². The van der Waals surface area contributed by atoms with Gasteiger partial charge < -0.3 is 20.1 Å². The van der Waals surface area contributed by atoms with Gasteiger partial charge >= 0.3 is 0 Å². The van der Waals surface area contributed by atoms with Gasteiger partial charge in [-0.2, -0.15) is 0 Å². The minimum Gasteiger partial charge on any atom is -0.491 e. The van der Waals surface area contributed by atoms with Crippen LogP contribution in [0.5, 0.6) is 11.5 Å². The number of carbonyl (C=O) groups excluding carboxylic acids is 2. The molecule has 6 nitrogen and oxygen atoms in total. The Labute approximate surface area is 193 Å². The van der Waals surface area contributed by atoms with Gasteiger partial charge in [0.1, 0.15) is 11.5 Å². The molecule has 1 aliphatic rings. The maximum Gasteiger partial charge on any atom is 0.265 e. The zero-order valence-electron chi connectivity index (χ0n) is 19.0. The lowest BCUT2D eigenvalue weighted by Gasteiger charge is -2.16. The van der Waals surface area contributed by atoms with Gasteiger partial charge in [-0.1, -0.05) is 36.4 Å². The molecule has 0 bridgehead atoms. The van der Waals surface area contributed by atoms with Crippen molar-refractivity contribution in [1.82, 2.24) is 5.32 Å². The summed E-state index contributed by atoms with van der Waals surface area (Å²) in [6.45, 7) is 5.89. The van der Waals surface area contributed by atoms with Crippen LogP contribution in [0.15, 0.2) is 72.8 Å². The van der Waals surface area contributed by atoms with Crippen molar-refractivity contribution in [3.8, 4) is 11.5 Å². The number of hydrogen-bond donors (Lipinski definition) is 2. The number of carbonyl (C=O) groups is 2. The molecule has 0 aromatic heterocycles. The van der Waals surface area contributed by atoms with Crippen molar-refractivity contribution in [2.45, 2.75) is 45.4 Å². The van der Waals surface area contributed by atoms with Gasteiger partial charge in [0.2, 0.25) is 0 Å². The molecule has 2 N–H and O–H groups in total. The lowest BCUT2D eigenvalue weighted by molar-refractivity contribution is -0.122. The summed E-state index contributed by atoms with van der Waals surface area (Å²) in [7, 11) is 0. The molecule has 0 spiro atoms. The number of amides is 2. The maximum absolute atomic E-state index is 12.8. The molecule has 33 heavy (non-hydrogen) atoms. The summed E-state index contributed by atoms with van der Waals surface area (Å²) in [4.78, 5) is 25.5. The highest BCUT2D eigenvalue weighted by molar-refractivity contribution is 5.98. The number of para-hydroxylation sites is 1. The Morgan fingerprint density at radius 3 is 2.45 bits per heavy atom. The molecule has 0 fully saturated rings. The van der Waals surface area contributed by atoms with E-state index in [2.05, 4.69) is 10.6 Å². The first-order valence-electron chi connectivity index (χ1n) is 11.1. The van der Waals surface area contributed by atoms with E-state index in [0.717, 1.165) is 22.6 Å². The summed E-state index contributed by atoms with van der Waals surface area (Å²) >= 11 is 0. The van der Waals surface area contributed by atoms with Crippen LogP contribution in [-0.4, -0.2) is 24.0 Å². The first-order valence-corrected chi connectivity index (χ1v) is 11.1. The number of fused-ring (bicyclic) bond motifs is 1. The smallest absolute Gasteiger partial charge is 0.265 e. The summed E-state index contributed by atoms with van der Waals surface area (Å²) in [5, 5.41) is 5.87. The minimum absolute atomic E-state index is 0.108. The van der Waals surface area contributed by atoms with Gasteiger partial charge in [0.25, 0.3) is 11.8 Å². The third-order valence-corrected chi connectivity index (χ3v) is 5.43. The summed E-state index contributed by atoms with van der Waals surface area (Å²) in [6.07, 6.45) is 0.0552. The van der Waals surface area contributed by atoms with E-state index in [1.54, 1.807) is 24.3 Å². The van der Waals surface area contributed by atoms with Crippen LogP contribution in [0.3, 0.4) is 0 Å². The van der Waals surface area contributed by atoms with Crippen LogP contribution in [0.1, 0.15) is 48.3 Å². The minimum atomic E-state index is -0.581. The molecule has 3 aromatic rings. The maximum atomic E-state index is 12.8. The molecule has 4 rings (SSSR count). The fourth-order valence-corrected chi connectivity index (χ4v) is 3.76. The topological polar surface area (TPSA) is 76.7 Å². The van der Waals surface area contributed by atoms with Crippen LogP contribution in [0.4, 0.5) is 5.69 Å². The highest BCUT2D eigenvalue weighted by atomic mass is 16.5. The van der Waals surface area contributed by atoms with Gasteiger partial charge in [-0.05, 0) is 68.3 Å². The molecule has 6 heteroatoms. The summed E-state index contributed by atoms with van der Waals surface area (Å²) in [5.41, 5.74) is 3.01. The molecule has 2 amide bonds. The number of rotatable bonds is 7. The van der Waals surface area contributed by atoms with E-state index < -0.39 is 6.10 Å². The molecule has 1 heterocycles. The molecule has 0 aliphatic carbocycles. The quantitative estimate of drug-likeness (QED) is 0.543. The molecule has 2 unspecified atom stereocenters. The van der Waals surface area contributed by atoms with Crippen molar-refractivity contribution in [1.29, 1.82) is 0 Å². The van der Waals surface area contributed by atoms with E-state index >= 15 is 0 Å². The van der Waals surface area contributed by atoms with E-state index in [1.165, 1.54) is 0 Å². The van der Waals surface area contributed by atoms with Gasteiger partial charge in [0.05, 0.1) is 12.1 Å². The third-order valence-electron chi connectivity index (χ3n) is 5.43. The fraction of sp³-hybridized carbons (Fsp3) is 0.259. The van der Waals surface area contributed by atoms with Crippen molar-refractivity contribution in [2.75, 3.05) is 5.32 Å². The second-order valence-corrected chi connectivity index (χ2v) is 8.42. The normalized spacial score (nSPS) is 15.3. The second-order valence-electron chi connectivity index (χ2n) is 8.42. The van der Waals surface area contributed by atoms with E-state index in [1.807, 2.05) is 69.3 Å². The van der Waals surface area contributed by atoms with E-state index in [4.69, 9.17) is 9.47 Å². The van der Waals surface area contributed by atoms with Crippen LogP contribution >= 0.6 is 0 Å². The predicted molar refractivity (Wildman–Crippen MR) is 128 cm³/mol. The number of anilines is 1. The van der Waals surface area contributed by atoms with Gasteiger partial charge in [-0.15, -0.1) is 0 Å². The second kappa shape index (κ2) is 9.77.